The lowest BCUT2D eigenvalue weighted by molar-refractivity contribution is -0.139. The van der Waals surface area contributed by atoms with Crippen LogP contribution in [0.15, 0.2) is 24.4 Å². The number of hydrogen-bond acceptors (Lipinski definition) is 3. The third-order valence-corrected chi connectivity index (χ3v) is 5.66. The fraction of sp³-hybridized carbons (Fsp3) is 0.526. The Morgan fingerprint density at radius 2 is 1.93 bits per heavy atom. The highest BCUT2D eigenvalue weighted by molar-refractivity contribution is 6.07. The van der Waals surface area contributed by atoms with Gasteiger partial charge in [-0.15, -0.1) is 0 Å². The van der Waals surface area contributed by atoms with Crippen LogP contribution in [0.4, 0.5) is 17.6 Å². The number of halogens is 4. The summed E-state index contributed by atoms with van der Waals surface area (Å²) in [6, 6.07) is 3.76. The Balaban J connectivity index is 1.59. The van der Waals surface area contributed by atoms with Gasteiger partial charge in [0.25, 0.3) is 5.91 Å². The normalized spacial score (nSPS) is 25.8. The van der Waals surface area contributed by atoms with E-state index in [9.17, 15) is 22.4 Å². The molecule has 2 saturated heterocycles. The Bertz CT molecular complexity index is 881. The molecule has 2 aliphatic heterocycles. The number of fused-ring (bicyclic) bond motifs is 3. The van der Waals surface area contributed by atoms with Gasteiger partial charge in [-0.3, -0.25) is 9.69 Å². The number of likely N-dealkylation sites (N-methyl/N-ethyl adjacent to an activating group) is 1. The first-order chi connectivity index (χ1) is 13.2. The summed E-state index contributed by atoms with van der Waals surface area (Å²) in [6.45, 7) is -0.0525. The zero-order valence-corrected chi connectivity index (χ0v) is 15.3. The van der Waals surface area contributed by atoms with Gasteiger partial charge in [-0.25, -0.2) is 4.39 Å². The van der Waals surface area contributed by atoms with E-state index in [0.29, 0.717) is 26.1 Å². The van der Waals surface area contributed by atoms with E-state index in [-0.39, 0.29) is 34.6 Å². The molecule has 5 nitrogen and oxygen atoms in total. The number of carbonyl (C=O) groups is 1. The lowest BCUT2D eigenvalue weighted by Gasteiger charge is -2.46. The van der Waals surface area contributed by atoms with E-state index >= 15 is 0 Å². The second-order valence-corrected chi connectivity index (χ2v) is 7.60. The summed E-state index contributed by atoms with van der Waals surface area (Å²) in [4.78, 5) is 15.1. The number of morpholine rings is 1. The minimum Gasteiger partial charge on any atom is -0.378 e. The number of rotatable bonds is 3. The van der Waals surface area contributed by atoms with Gasteiger partial charge in [0.2, 0.25) is 0 Å². The number of nitrogens with one attached hydrogen (secondary N) is 1. The highest BCUT2D eigenvalue weighted by Gasteiger charge is 2.37. The summed E-state index contributed by atoms with van der Waals surface area (Å²) in [7, 11) is 2.03. The van der Waals surface area contributed by atoms with E-state index in [1.54, 1.807) is 0 Å². The van der Waals surface area contributed by atoms with E-state index in [4.69, 9.17) is 4.74 Å². The Kier molecular flexibility index (Phi) is 4.83. The third-order valence-electron chi connectivity index (χ3n) is 5.66. The number of alkyl halides is 3. The largest absolute Gasteiger partial charge is 0.406 e. The van der Waals surface area contributed by atoms with E-state index in [2.05, 4.69) is 10.2 Å². The van der Waals surface area contributed by atoms with Crippen molar-refractivity contribution in [3.63, 3.8) is 0 Å². The molecule has 4 rings (SSSR count). The lowest BCUT2D eigenvalue weighted by Crippen LogP contribution is -2.59. The molecule has 28 heavy (non-hydrogen) atoms. The molecule has 0 radical (unpaired) electrons. The molecule has 2 aliphatic rings. The number of aromatic nitrogens is 1. The van der Waals surface area contributed by atoms with Crippen LogP contribution in [-0.2, 0) is 11.3 Å². The number of ether oxygens (including phenoxy) is 1. The molecule has 3 heterocycles. The van der Waals surface area contributed by atoms with Crippen LogP contribution in [0, 0.1) is 5.82 Å². The van der Waals surface area contributed by atoms with Crippen LogP contribution in [-0.4, -0.2) is 59.9 Å². The van der Waals surface area contributed by atoms with Gasteiger partial charge in [0, 0.05) is 35.2 Å². The summed E-state index contributed by atoms with van der Waals surface area (Å²) < 4.78 is 58.9. The van der Waals surface area contributed by atoms with Crippen molar-refractivity contribution in [2.75, 3.05) is 20.3 Å². The standard InChI is InChI=1S/C19H21F4N3O2/c1-25-13-5-12(6-14(25)9-28-8-13)24-18(27)16-7-26(10-19(21,22)23)17-3-2-11(20)4-15(16)17/h2-4,7,12-14H,5-6,8-10H2,1H3,(H,24,27). The smallest absolute Gasteiger partial charge is 0.378 e. The third kappa shape index (κ3) is 3.73. The molecular formula is C19H21F4N3O2. The van der Waals surface area contributed by atoms with Crippen LogP contribution in [0.2, 0.25) is 0 Å². The molecule has 1 N–H and O–H groups in total. The predicted molar refractivity (Wildman–Crippen MR) is 94.6 cm³/mol. The quantitative estimate of drug-likeness (QED) is 0.808. The van der Waals surface area contributed by atoms with Crippen molar-refractivity contribution < 1.29 is 27.1 Å². The SMILES string of the molecule is CN1C2COCC1CC(NC(=O)c1cn(CC(F)(F)F)c3ccc(F)cc13)C2. The Morgan fingerprint density at radius 3 is 2.57 bits per heavy atom. The molecule has 0 spiro atoms. The fourth-order valence-electron chi connectivity index (χ4n) is 4.25. The predicted octanol–water partition coefficient (Wildman–Crippen LogP) is 2.93. The van der Waals surface area contributed by atoms with Gasteiger partial charge in [0.15, 0.2) is 0 Å². The number of nitrogens with zero attached hydrogens (tertiary/aromatic N) is 2. The summed E-state index contributed by atoms with van der Waals surface area (Å²) >= 11 is 0. The average Bonchev–Trinajstić information content (AvgIpc) is 2.91. The van der Waals surface area contributed by atoms with Crippen LogP contribution in [0.5, 0.6) is 0 Å². The maximum Gasteiger partial charge on any atom is 0.406 e. The molecule has 0 aliphatic carbocycles. The van der Waals surface area contributed by atoms with Crippen molar-refractivity contribution in [1.82, 2.24) is 14.8 Å². The van der Waals surface area contributed by atoms with Crippen molar-refractivity contribution in [3.8, 4) is 0 Å². The van der Waals surface area contributed by atoms with E-state index in [1.165, 1.54) is 6.07 Å². The highest BCUT2D eigenvalue weighted by Crippen LogP contribution is 2.29. The second kappa shape index (κ2) is 7.04. The molecule has 2 bridgehead atoms. The van der Waals surface area contributed by atoms with E-state index < -0.39 is 24.4 Å². The van der Waals surface area contributed by atoms with Crippen molar-refractivity contribution in [3.05, 3.63) is 35.8 Å². The Morgan fingerprint density at radius 1 is 1.25 bits per heavy atom. The fourth-order valence-corrected chi connectivity index (χ4v) is 4.25. The molecule has 1 aromatic carbocycles. The van der Waals surface area contributed by atoms with Gasteiger partial charge in [-0.2, -0.15) is 13.2 Å². The van der Waals surface area contributed by atoms with Gasteiger partial charge < -0.3 is 14.6 Å². The molecule has 0 saturated carbocycles. The minimum atomic E-state index is -4.44. The Labute approximate surface area is 159 Å². The molecule has 2 aromatic rings. The summed E-state index contributed by atoms with van der Waals surface area (Å²) in [6.07, 6.45) is -1.88. The second-order valence-electron chi connectivity index (χ2n) is 7.60. The first-order valence-corrected chi connectivity index (χ1v) is 9.17. The molecule has 9 heteroatoms. The number of piperidine rings is 1. The van der Waals surface area contributed by atoms with Gasteiger partial charge in [-0.1, -0.05) is 0 Å². The molecule has 2 fully saturated rings. The number of carbonyl (C=O) groups excluding carboxylic acids is 1. The summed E-state index contributed by atoms with van der Waals surface area (Å²) in [5.41, 5.74) is 0.233. The first kappa shape index (κ1) is 19.2. The maximum absolute atomic E-state index is 13.7. The molecule has 1 amide bonds. The van der Waals surface area contributed by atoms with E-state index in [1.807, 2.05) is 7.05 Å². The number of amides is 1. The minimum absolute atomic E-state index is 0.0547. The highest BCUT2D eigenvalue weighted by atomic mass is 19.4. The van der Waals surface area contributed by atoms with Crippen LogP contribution in [0.1, 0.15) is 23.2 Å². The van der Waals surface area contributed by atoms with Gasteiger partial charge in [0.1, 0.15) is 12.4 Å². The van der Waals surface area contributed by atoms with E-state index in [0.717, 1.165) is 22.9 Å². The zero-order chi connectivity index (χ0) is 20.1. The zero-order valence-electron chi connectivity index (χ0n) is 15.3. The molecule has 1 aromatic heterocycles. The van der Waals surface area contributed by atoms with Crippen molar-refractivity contribution >= 4 is 16.8 Å². The summed E-state index contributed by atoms with van der Waals surface area (Å²) in [5.74, 6) is -1.08. The van der Waals surface area contributed by atoms with Crippen molar-refractivity contribution in [2.24, 2.45) is 0 Å². The molecule has 152 valence electrons. The van der Waals surface area contributed by atoms with Gasteiger partial charge in [-0.05, 0) is 38.1 Å². The number of benzene rings is 1. The topological polar surface area (TPSA) is 46.5 Å². The monoisotopic (exact) mass is 399 g/mol. The molecule has 2 unspecified atom stereocenters. The van der Waals surface area contributed by atoms with Crippen LogP contribution in [0.25, 0.3) is 10.9 Å². The van der Waals surface area contributed by atoms with Crippen LogP contribution >= 0.6 is 0 Å². The van der Waals surface area contributed by atoms with Crippen molar-refractivity contribution in [1.29, 1.82) is 0 Å². The Hall–Kier alpha value is -2.13. The van der Waals surface area contributed by atoms with Crippen LogP contribution < -0.4 is 5.32 Å². The number of hydrogen-bond donors (Lipinski definition) is 1. The summed E-state index contributed by atoms with van der Waals surface area (Å²) in [5, 5.41) is 3.11. The lowest BCUT2D eigenvalue weighted by atomic mass is 9.90. The van der Waals surface area contributed by atoms with Gasteiger partial charge in [0.05, 0.1) is 18.8 Å². The average molecular weight is 399 g/mol. The van der Waals surface area contributed by atoms with Crippen LogP contribution in [0.3, 0.4) is 0 Å². The van der Waals surface area contributed by atoms with Gasteiger partial charge >= 0.3 is 6.18 Å². The van der Waals surface area contributed by atoms with Crippen molar-refractivity contribution in [2.45, 2.75) is 43.7 Å². The molecular weight excluding hydrogens is 378 g/mol. The maximum atomic E-state index is 13.7. The first-order valence-electron chi connectivity index (χ1n) is 9.17. The molecule has 2 atom stereocenters.